The molecule has 0 radical (unpaired) electrons. The number of hydrogen-bond acceptors (Lipinski definition) is 2. The Morgan fingerprint density at radius 2 is 1.52 bits per heavy atom. The van der Waals surface area contributed by atoms with Gasteiger partial charge in [0, 0.05) is 39.0 Å². The van der Waals surface area contributed by atoms with Gasteiger partial charge >= 0.3 is 0 Å². The van der Waals surface area contributed by atoms with Crippen LogP contribution in [0.5, 0.6) is 0 Å². The molecule has 4 fully saturated rings. The summed E-state index contributed by atoms with van der Waals surface area (Å²) < 4.78 is 0. The fourth-order valence-electron chi connectivity index (χ4n) is 5.56. The number of likely N-dealkylation sites (tertiary alicyclic amines) is 2. The molecule has 0 N–H and O–H groups in total. The van der Waals surface area contributed by atoms with E-state index in [1.807, 2.05) is 4.90 Å². The molecule has 0 bridgehead atoms. The van der Waals surface area contributed by atoms with E-state index in [9.17, 15) is 9.59 Å². The van der Waals surface area contributed by atoms with Gasteiger partial charge in [-0.3, -0.25) is 9.59 Å². The maximum absolute atomic E-state index is 12.7. The van der Waals surface area contributed by atoms with E-state index in [1.54, 1.807) is 6.92 Å². The van der Waals surface area contributed by atoms with Gasteiger partial charge in [-0.1, -0.05) is 6.42 Å². The molecular formula is C19H30N2O2. The first-order valence-corrected chi connectivity index (χ1v) is 9.61. The van der Waals surface area contributed by atoms with Crippen molar-refractivity contribution < 1.29 is 9.59 Å². The molecule has 128 valence electrons. The largest absolute Gasteiger partial charge is 0.343 e. The summed E-state index contributed by atoms with van der Waals surface area (Å²) in [5.74, 6) is 2.38. The number of rotatable bonds is 2. The molecule has 0 aromatic carbocycles. The highest BCUT2D eigenvalue weighted by atomic mass is 16.2. The lowest BCUT2D eigenvalue weighted by Crippen LogP contribution is -2.49. The molecule has 4 nitrogen and oxygen atoms in total. The van der Waals surface area contributed by atoms with E-state index in [2.05, 4.69) is 4.90 Å². The van der Waals surface area contributed by atoms with Crippen molar-refractivity contribution in [1.82, 2.24) is 9.80 Å². The van der Waals surface area contributed by atoms with E-state index in [4.69, 9.17) is 0 Å². The van der Waals surface area contributed by atoms with Gasteiger partial charge in [-0.25, -0.2) is 0 Å². The Morgan fingerprint density at radius 3 is 2.09 bits per heavy atom. The van der Waals surface area contributed by atoms with Gasteiger partial charge < -0.3 is 9.80 Å². The third-order valence-electron chi connectivity index (χ3n) is 7.31. The van der Waals surface area contributed by atoms with Crippen LogP contribution in [0.25, 0.3) is 0 Å². The van der Waals surface area contributed by atoms with Crippen molar-refractivity contribution in [2.24, 2.45) is 23.2 Å². The molecule has 2 aliphatic carbocycles. The standard InChI is InChI=1S/C19H30N2O2/c1-14(22)20-8-3-15(4-9-20)16-5-10-21(13-16)18(23)17-11-19(12-17)6-2-7-19/h15-17H,2-13H2,1H3. The Labute approximate surface area is 139 Å². The summed E-state index contributed by atoms with van der Waals surface area (Å²) in [6, 6.07) is 0. The summed E-state index contributed by atoms with van der Waals surface area (Å²) in [7, 11) is 0. The molecule has 2 amide bonds. The summed E-state index contributed by atoms with van der Waals surface area (Å²) in [5, 5.41) is 0. The molecule has 2 heterocycles. The zero-order chi connectivity index (χ0) is 16.0. The van der Waals surface area contributed by atoms with Crippen molar-refractivity contribution in [3.05, 3.63) is 0 Å². The van der Waals surface area contributed by atoms with E-state index in [1.165, 1.54) is 38.5 Å². The molecule has 0 aromatic heterocycles. The molecule has 4 rings (SSSR count). The number of carbonyl (C=O) groups is 2. The van der Waals surface area contributed by atoms with E-state index in [-0.39, 0.29) is 5.91 Å². The molecule has 2 aliphatic heterocycles. The summed E-state index contributed by atoms with van der Waals surface area (Å²) in [6.07, 6.45) is 9.88. The average molecular weight is 318 g/mol. The first kappa shape index (κ1) is 15.5. The SMILES string of the molecule is CC(=O)N1CCC(C2CCN(C(=O)C3CC4(CCC4)C3)C2)CC1. The van der Waals surface area contributed by atoms with Crippen molar-refractivity contribution in [2.45, 2.75) is 58.3 Å². The second kappa shape index (κ2) is 5.78. The predicted octanol–water partition coefficient (Wildman–Crippen LogP) is 2.67. The lowest BCUT2D eigenvalue weighted by Gasteiger charge is -2.54. The summed E-state index contributed by atoms with van der Waals surface area (Å²) >= 11 is 0. The van der Waals surface area contributed by atoms with Crippen LogP contribution in [0.1, 0.15) is 58.3 Å². The topological polar surface area (TPSA) is 40.6 Å². The summed E-state index contributed by atoms with van der Waals surface area (Å²) in [4.78, 5) is 28.3. The minimum Gasteiger partial charge on any atom is -0.343 e. The third kappa shape index (κ3) is 2.78. The zero-order valence-corrected chi connectivity index (χ0v) is 14.4. The molecule has 0 aromatic rings. The van der Waals surface area contributed by atoms with Gasteiger partial charge in [-0.2, -0.15) is 0 Å². The van der Waals surface area contributed by atoms with Crippen molar-refractivity contribution in [3.8, 4) is 0 Å². The maximum Gasteiger partial charge on any atom is 0.225 e. The highest BCUT2D eigenvalue weighted by molar-refractivity contribution is 5.80. The van der Waals surface area contributed by atoms with Crippen molar-refractivity contribution in [3.63, 3.8) is 0 Å². The Hall–Kier alpha value is -1.06. The quantitative estimate of drug-likeness (QED) is 0.785. The summed E-state index contributed by atoms with van der Waals surface area (Å²) in [5.41, 5.74) is 0.596. The molecule has 4 aliphatic rings. The number of nitrogens with zero attached hydrogens (tertiary/aromatic N) is 2. The van der Waals surface area contributed by atoms with Gasteiger partial charge in [-0.05, 0) is 62.2 Å². The number of amides is 2. The van der Waals surface area contributed by atoms with Crippen molar-refractivity contribution >= 4 is 11.8 Å². The van der Waals surface area contributed by atoms with Crippen LogP contribution < -0.4 is 0 Å². The van der Waals surface area contributed by atoms with Gasteiger partial charge in [0.25, 0.3) is 0 Å². The lowest BCUT2D eigenvalue weighted by molar-refractivity contribution is -0.146. The van der Waals surface area contributed by atoms with Crippen LogP contribution in [0, 0.1) is 23.2 Å². The van der Waals surface area contributed by atoms with Crippen molar-refractivity contribution in [1.29, 1.82) is 0 Å². The van der Waals surface area contributed by atoms with Crippen molar-refractivity contribution in [2.75, 3.05) is 26.2 Å². The molecule has 1 unspecified atom stereocenters. The normalized spacial score (nSPS) is 31.1. The first-order valence-electron chi connectivity index (χ1n) is 9.61. The molecule has 4 heteroatoms. The Bertz CT molecular complexity index is 484. The fraction of sp³-hybridized carbons (Fsp3) is 0.895. The van der Waals surface area contributed by atoms with Crippen LogP contribution >= 0.6 is 0 Å². The number of carbonyl (C=O) groups excluding carboxylic acids is 2. The van der Waals surface area contributed by atoms with Gasteiger partial charge in [0.05, 0.1) is 0 Å². The van der Waals surface area contributed by atoms with E-state index in [0.29, 0.717) is 29.1 Å². The van der Waals surface area contributed by atoms with Crippen LogP contribution in [-0.4, -0.2) is 47.8 Å². The molecular weight excluding hydrogens is 288 g/mol. The fourth-order valence-corrected chi connectivity index (χ4v) is 5.56. The Kier molecular flexibility index (Phi) is 3.89. The molecule has 2 saturated heterocycles. The van der Waals surface area contributed by atoms with Crippen LogP contribution in [0.4, 0.5) is 0 Å². The number of hydrogen-bond donors (Lipinski definition) is 0. The summed E-state index contributed by atoms with van der Waals surface area (Å²) in [6.45, 7) is 5.45. The predicted molar refractivity (Wildman–Crippen MR) is 88.7 cm³/mol. The Balaban J connectivity index is 1.25. The Morgan fingerprint density at radius 1 is 0.913 bits per heavy atom. The number of piperidine rings is 1. The van der Waals surface area contributed by atoms with Crippen LogP contribution in [-0.2, 0) is 9.59 Å². The average Bonchev–Trinajstić information content (AvgIpc) is 2.94. The van der Waals surface area contributed by atoms with Gasteiger partial charge in [0.1, 0.15) is 0 Å². The van der Waals surface area contributed by atoms with Crippen LogP contribution in [0.15, 0.2) is 0 Å². The minimum atomic E-state index is 0.210. The highest BCUT2D eigenvalue weighted by Gasteiger charge is 2.51. The van der Waals surface area contributed by atoms with E-state index in [0.717, 1.165) is 39.0 Å². The smallest absolute Gasteiger partial charge is 0.225 e. The second-order valence-corrected chi connectivity index (χ2v) is 8.64. The lowest BCUT2D eigenvalue weighted by atomic mass is 9.51. The van der Waals surface area contributed by atoms with E-state index >= 15 is 0 Å². The minimum absolute atomic E-state index is 0.210. The monoisotopic (exact) mass is 318 g/mol. The van der Waals surface area contributed by atoms with Crippen LogP contribution in [0.2, 0.25) is 0 Å². The van der Waals surface area contributed by atoms with Gasteiger partial charge in [0.15, 0.2) is 0 Å². The maximum atomic E-state index is 12.7. The molecule has 1 atom stereocenters. The second-order valence-electron chi connectivity index (χ2n) is 8.64. The first-order chi connectivity index (χ1) is 11.1. The highest BCUT2D eigenvalue weighted by Crippen LogP contribution is 2.59. The van der Waals surface area contributed by atoms with Gasteiger partial charge in [0.2, 0.25) is 11.8 Å². The molecule has 23 heavy (non-hydrogen) atoms. The third-order valence-corrected chi connectivity index (χ3v) is 7.31. The van der Waals surface area contributed by atoms with E-state index < -0.39 is 0 Å². The van der Waals surface area contributed by atoms with Crippen LogP contribution in [0.3, 0.4) is 0 Å². The van der Waals surface area contributed by atoms with Gasteiger partial charge in [-0.15, -0.1) is 0 Å². The molecule has 2 saturated carbocycles. The molecule has 1 spiro atoms. The zero-order valence-electron chi connectivity index (χ0n) is 14.4.